The molecule has 1 saturated heterocycles. The fourth-order valence-electron chi connectivity index (χ4n) is 2.28. The van der Waals surface area contributed by atoms with Gasteiger partial charge in [-0.15, -0.1) is 0 Å². The number of nitrogens with two attached hydrogens (primary N) is 1. The van der Waals surface area contributed by atoms with Crippen LogP contribution in [0.4, 0.5) is 5.13 Å². The van der Waals surface area contributed by atoms with Crippen molar-refractivity contribution >= 4 is 42.4 Å². The molecule has 0 spiro atoms. The van der Waals surface area contributed by atoms with E-state index in [4.69, 9.17) is 9.88 Å². The maximum Gasteiger partial charge on any atom is 0.249 e. The number of morpholine rings is 1. The molecule has 6 nitrogen and oxygen atoms in total. The van der Waals surface area contributed by atoms with Gasteiger partial charge in [-0.2, -0.15) is 0 Å². The molecular formula is C13H14BrN3O3S2. The third-order valence-electron chi connectivity index (χ3n) is 3.34. The summed E-state index contributed by atoms with van der Waals surface area (Å²) in [6.45, 7) is 1.83. The van der Waals surface area contributed by atoms with Crippen LogP contribution < -0.4 is 10.0 Å². The second-order valence-electron chi connectivity index (χ2n) is 4.83. The molecule has 0 unspecified atom stereocenters. The number of sulfonamides is 1. The van der Waals surface area contributed by atoms with E-state index in [2.05, 4.69) is 20.9 Å². The number of aromatic nitrogens is 1. The summed E-state index contributed by atoms with van der Waals surface area (Å²) in [6.07, 6.45) is 1.21. The first-order valence-electron chi connectivity index (χ1n) is 6.55. The third-order valence-corrected chi connectivity index (χ3v) is 6.53. The lowest BCUT2D eigenvalue weighted by Gasteiger charge is -2.33. The number of ether oxygens (including phenoxy) is 1. The van der Waals surface area contributed by atoms with Crippen LogP contribution in [0.15, 0.2) is 39.1 Å². The van der Waals surface area contributed by atoms with E-state index in [1.807, 2.05) is 29.2 Å². The molecule has 2 heterocycles. The molecule has 0 amide bonds. The van der Waals surface area contributed by atoms with Crippen LogP contribution in [0.5, 0.6) is 0 Å². The van der Waals surface area contributed by atoms with Crippen LogP contribution in [0.25, 0.3) is 0 Å². The van der Waals surface area contributed by atoms with Crippen LogP contribution in [0, 0.1) is 0 Å². The fourth-order valence-corrected chi connectivity index (χ4v) is 4.39. The third kappa shape index (κ3) is 3.33. The summed E-state index contributed by atoms with van der Waals surface area (Å²) in [6, 6.07) is 7.90. The summed E-state index contributed by atoms with van der Waals surface area (Å²) in [5.74, 6) is 0. The normalized spacial score (nSPS) is 19.4. The van der Waals surface area contributed by atoms with Crippen molar-refractivity contribution in [1.82, 2.24) is 4.98 Å². The van der Waals surface area contributed by atoms with Gasteiger partial charge in [-0.25, -0.2) is 18.5 Å². The minimum absolute atomic E-state index is 0.0754. The maximum atomic E-state index is 11.4. The molecule has 118 valence electrons. The molecule has 9 heteroatoms. The molecule has 1 aromatic carbocycles. The van der Waals surface area contributed by atoms with E-state index in [1.54, 1.807) is 0 Å². The quantitative estimate of drug-likeness (QED) is 0.847. The van der Waals surface area contributed by atoms with Crippen molar-refractivity contribution in [2.24, 2.45) is 5.14 Å². The Kier molecular flexibility index (Phi) is 4.51. The average Bonchev–Trinajstić information content (AvgIpc) is 2.98. The minimum atomic E-state index is -3.70. The highest BCUT2D eigenvalue weighted by atomic mass is 79.9. The number of hydrogen-bond acceptors (Lipinski definition) is 6. The van der Waals surface area contributed by atoms with E-state index < -0.39 is 10.0 Å². The fraction of sp³-hybridized carbons (Fsp3) is 0.308. The van der Waals surface area contributed by atoms with Gasteiger partial charge in [0.2, 0.25) is 10.0 Å². The summed E-state index contributed by atoms with van der Waals surface area (Å²) in [5.41, 5.74) is 1.07. The number of halogens is 1. The van der Waals surface area contributed by atoms with E-state index in [9.17, 15) is 8.42 Å². The zero-order valence-electron chi connectivity index (χ0n) is 11.5. The number of benzene rings is 1. The Balaban J connectivity index is 1.82. The number of hydrogen-bond donors (Lipinski definition) is 1. The molecule has 0 aliphatic carbocycles. The van der Waals surface area contributed by atoms with Crippen molar-refractivity contribution in [3.8, 4) is 0 Å². The summed E-state index contributed by atoms with van der Waals surface area (Å²) >= 11 is 4.61. The lowest BCUT2D eigenvalue weighted by atomic mass is 10.1. The summed E-state index contributed by atoms with van der Waals surface area (Å²) < 4.78 is 29.6. The second-order valence-corrected chi connectivity index (χ2v) is 8.49. The predicted molar refractivity (Wildman–Crippen MR) is 88.5 cm³/mol. The van der Waals surface area contributed by atoms with E-state index >= 15 is 0 Å². The van der Waals surface area contributed by atoms with Gasteiger partial charge in [0.15, 0.2) is 9.34 Å². The van der Waals surface area contributed by atoms with Crippen LogP contribution in [0.1, 0.15) is 11.7 Å². The molecule has 1 aromatic heterocycles. The van der Waals surface area contributed by atoms with Gasteiger partial charge in [0.05, 0.1) is 19.3 Å². The number of nitrogens with zero attached hydrogens (tertiary/aromatic N) is 2. The smallest absolute Gasteiger partial charge is 0.249 e. The van der Waals surface area contributed by atoms with Gasteiger partial charge in [-0.05, 0) is 11.6 Å². The summed E-state index contributed by atoms with van der Waals surface area (Å²) in [5, 5.41) is 5.77. The van der Waals surface area contributed by atoms with Gasteiger partial charge in [-0.3, -0.25) is 0 Å². The van der Waals surface area contributed by atoms with Crippen molar-refractivity contribution in [3.05, 3.63) is 40.5 Å². The van der Waals surface area contributed by atoms with Crippen molar-refractivity contribution in [2.45, 2.75) is 10.3 Å². The Labute approximate surface area is 141 Å². The highest BCUT2D eigenvalue weighted by Gasteiger charge is 2.26. The molecular weight excluding hydrogens is 390 g/mol. The molecule has 1 fully saturated rings. The molecule has 0 saturated carbocycles. The number of rotatable bonds is 3. The zero-order valence-corrected chi connectivity index (χ0v) is 14.7. The summed E-state index contributed by atoms with van der Waals surface area (Å²) in [7, 11) is -3.70. The Hall–Kier alpha value is -1.000. The van der Waals surface area contributed by atoms with E-state index in [-0.39, 0.29) is 10.3 Å². The van der Waals surface area contributed by atoms with Gasteiger partial charge in [0, 0.05) is 11.0 Å². The predicted octanol–water partition coefficient (Wildman–Crippen LogP) is 2.13. The SMILES string of the molecule is NS(=O)(=O)c1cnc(N2CCO[C@H](c3ccccc3Br)C2)s1. The van der Waals surface area contributed by atoms with Crippen molar-refractivity contribution < 1.29 is 13.2 Å². The molecule has 2 aromatic rings. The zero-order chi connectivity index (χ0) is 15.7. The monoisotopic (exact) mass is 403 g/mol. The van der Waals surface area contributed by atoms with Crippen LogP contribution in [0.2, 0.25) is 0 Å². The average molecular weight is 404 g/mol. The number of anilines is 1. The molecule has 1 aliphatic rings. The van der Waals surface area contributed by atoms with Gasteiger partial charge in [-0.1, -0.05) is 45.5 Å². The molecule has 0 bridgehead atoms. The van der Waals surface area contributed by atoms with E-state index in [1.165, 1.54) is 6.20 Å². The lowest BCUT2D eigenvalue weighted by Crippen LogP contribution is -2.38. The Morgan fingerprint density at radius 2 is 2.18 bits per heavy atom. The molecule has 1 aliphatic heterocycles. The maximum absolute atomic E-state index is 11.4. The largest absolute Gasteiger partial charge is 0.370 e. The van der Waals surface area contributed by atoms with Crippen molar-refractivity contribution in [1.29, 1.82) is 0 Å². The number of primary sulfonamides is 1. The van der Waals surface area contributed by atoms with Crippen molar-refractivity contribution in [2.75, 3.05) is 24.6 Å². The van der Waals surface area contributed by atoms with Crippen LogP contribution in [-0.4, -0.2) is 33.1 Å². The van der Waals surface area contributed by atoms with Gasteiger partial charge in [0.1, 0.15) is 6.10 Å². The lowest BCUT2D eigenvalue weighted by molar-refractivity contribution is 0.0393. The Morgan fingerprint density at radius 1 is 1.41 bits per heavy atom. The second kappa shape index (κ2) is 6.25. The van der Waals surface area contributed by atoms with Gasteiger partial charge >= 0.3 is 0 Å². The molecule has 3 rings (SSSR count). The van der Waals surface area contributed by atoms with E-state index in [0.717, 1.165) is 21.4 Å². The first-order valence-corrected chi connectivity index (χ1v) is 9.70. The van der Waals surface area contributed by atoms with Crippen molar-refractivity contribution in [3.63, 3.8) is 0 Å². The first-order chi connectivity index (χ1) is 10.4. The van der Waals surface area contributed by atoms with E-state index in [0.29, 0.717) is 24.8 Å². The standard InChI is InChI=1S/C13H14BrN3O3S2/c14-10-4-2-1-3-9(10)11-8-17(5-6-20-11)13-16-7-12(21-13)22(15,18)19/h1-4,7,11H,5-6,8H2,(H2,15,18,19)/t11-/m0/s1. The molecule has 1 atom stereocenters. The van der Waals surface area contributed by atoms with Crippen LogP contribution in [0.3, 0.4) is 0 Å². The Morgan fingerprint density at radius 3 is 2.86 bits per heavy atom. The molecule has 2 N–H and O–H groups in total. The van der Waals surface area contributed by atoms with Gasteiger partial charge < -0.3 is 9.64 Å². The minimum Gasteiger partial charge on any atom is -0.370 e. The van der Waals surface area contributed by atoms with Crippen LogP contribution in [-0.2, 0) is 14.8 Å². The first kappa shape index (κ1) is 15.9. The van der Waals surface area contributed by atoms with Gasteiger partial charge in [0.25, 0.3) is 0 Å². The molecule has 0 radical (unpaired) electrons. The Bertz CT molecular complexity index is 778. The topological polar surface area (TPSA) is 85.5 Å². The highest BCUT2D eigenvalue weighted by molar-refractivity contribution is 9.10. The van der Waals surface area contributed by atoms with Crippen LogP contribution >= 0.6 is 27.3 Å². The number of thiazole rings is 1. The molecule has 22 heavy (non-hydrogen) atoms. The highest BCUT2D eigenvalue weighted by Crippen LogP contribution is 2.32. The summed E-state index contributed by atoms with van der Waals surface area (Å²) in [4.78, 5) is 6.20.